The van der Waals surface area contributed by atoms with Gasteiger partial charge in [0.05, 0.1) is 0 Å². The molecule has 0 fully saturated rings. The second kappa shape index (κ2) is 51.0. The van der Waals surface area contributed by atoms with Gasteiger partial charge in [0.2, 0.25) is 0 Å². The van der Waals surface area contributed by atoms with Crippen LogP contribution >= 0.6 is 0 Å². The van der Waals surface area contributed by atoms with Gasteiger partial charge in [0.25, 0.3) is 0 Å². The fourth-order valence-corrected chi connectivity index (χ4v) is 6.72. The third kappa shape index (κ3) is 49.2. The van der Waals surface area contributed by atoms with Crippen LogP contribution in [-0.2, 0) is 28.6 Å². The summed E-state index contributed by atoms with van der Waals surface area (Å²) in [5, 5.41) is 0. The van der Waals surface area contributed by atoms with Gasteiger partial charge in [-0.15, -0.1) is 0 Å². The molecule has 1 atom stereocenters. The Hall–Kier alpha value is -3.67. The first-order chi connectivity index (χ1) is 31.0. The van der Waals surface area contributed by atoms with Gasteiger partial charge in [-0.3, -0.25) is 14.4 Å². The van der Waals surface area contributed by atoms with Crippen molar-refractivity contribution in [1.82, 2.24) is 0 Å². The molecule has 0 amide bonds. The van der Waals surface area contributed by atoms with E-state index in [-0.39, 0.29) is 37.5 Å². The highest BCUT2D eigenvalue weighted by atomic mass is 16.6. The lowest BCUT2D eigenvalue weighted by Gasteiger charge is -2.18. The predicted molar refractivity (Wildman–Crippen MR) is 270 cm³/mol. The van der Waals surface area contributed by atoms with Crippen LogP contribution in [0.1, 0.15) is 226 Å². The summed E-state index contributed by atoms with van der Waals surface area (Å²) in [7, 11) is 0. The normalized spacial score (nSPS) is 12.9. The van der Waals surface area contributed by atoms with Gasteiger partial charge in [-0.05, 0) is 96.3 Å². The lowest BCUT2D eigenvalue weighted by atomic mass is 10.1. The van der Waals surface area contributed by atoms with Crippen molar-refractivity contribution >= 4 is 17.9 Å². The van der Waals surface area contributed by atoms with Crippen molar-refractivity contribution in [3.05, 3.63) is 97.2 Å². The minimum absolute atomic E-state index is 0.0985. The van der Waals surface area contributed by atoms with Gasteiger partial charge in [0, 0.05) is 19.3 Å². The van der Waals surface area contributed by atoms with Crippen LogP contribution in [0.3, 0.4) is 0 Å². The van der Waals surface area contributed by atoms with E-state index in [4.69, 9.17) is 14.2 Å². The van der Waals surface area contributed by atoms with E-state index in [2.05, 4.69) is 118 Å². The molecule has 63 heavy (non-hydrogen) atoms. The van der Waals surface area contributed by atoms with Crippen LogP contribution in [0.4, 0.5) is 0 Å². The van der Waals surface area contributed by atoms with Crippen molar-refractivity contribution in [2.24, 2.45) is 0 Å². The number of carbonyl (C=O) groups excluding carboxylic acids is 3. The molecule has 358 valence electrons. The molecule has 0 spiro atoms. The number of hydrogen-bond acceptors (Lipinski definition) is 6. The first-order valence-electron chi connectivity index (χ1n) is 25.7. The average molecular weight is 875 g/mol. The van der Waals surface area contributed by atoms with Gasteiger partial charge in [-0.1, -0.05) is 208 Å². The third-order valence-corrected chi connectivity index (χ3v) is 10.6. The first kappa shape index (κ1) is 59.3. The summed E-state index contributed by atoms with van der Waals surface area (Å²) < 4.78 is 16.7. The van der Waals surface area contributed by atoms with E-state index in [1.165, 1.54) is 77.0 Å². The van der Waals surface area contributed by atoms with Crippen LogP contribution < -0.4 is 0 Å². The summed E-state index contributed by atoms with van der Waals surface area (Å²) in [5.74, 6) is -0.977. The van der Waals surface area contributed by atoms with Crippen molar-refractivity contribution in [3.63, 3.8) is 0 Å². The quantitative estimate of drug-likeness (QED) is 0.0262. The number of esters is 3. The number of carbonyl (C=O) groups is 3. The molecule has 0 aromatic carbocycles. The highest BCUT2D eigenvalue weighted by molar-refractivity contribution is 5.71. The monoisotopic (exact) mass is 875 g/mol. The molecule has 6 nitrogen and oxygen atoms in total. The lowest BCUT2D eigenvalue weighted by Crippen LogP contribution is -2.30. The van der Waals surface area contributed by atoms with Crippen molar-refractivity contribution in [2.75, 3.05) is 13.2 Å². The largest absolute Gasteiger partial charge is 0.462 e. The van der Waals surface area contributed by atoms with Crippen LogP contribution in [0.25, 0.3) is 0 Å². The molecular formula is C57H94O6. The molecular weight excluding hydrogens is 781 g/mol. The Kier molecular flexibility index (Phi) is 48.0. The third-order valence-electron chi connectivity index (χ3n) is 10.6. The minimum atomic E-state index is -0.802. The van der Waals surface area contributed by atoms with Gasteiger partial charge in [-0.25, -0.2) is 0 Å². The Balaban J connectivity index is 4.42. The number of rotatable bonds is 45. The Bertz CT molecular complexity index is 1280. The van der Waals surface area contributed by atoms with Gasteiger partial charge < -0.3 is 14.2 Å². The van der Waals surface area contributed by atoms with Gasteiger partial charge in [-0.2, -0.15) is 0 Å². The van der Waals surface area contributed by atoms with Crippen molar-refractivity contribution < 1.29 is 28.6 Å². The minimum Gasteiger partial charge on any atom is -0.462 e. The number of hydrogen-bond donors (Lipinski definition) is 0. The summed E-state index contributed by atoms with van der Waals surface area (Å²) in [5.41, 5.74) is 0. The fourth-order valence-electron chi connectivity index (χ4n) is 6.72. The van der Waals surface area contributed by atoms with Crippen molar-refractivity contribution in [1.29, 1.82) is 0 Å². The molecule has 0 aliphatic carbocycles. The molecule has 0 radical (unpaired) electrons. The molecule has 0 heterocycles. The molecule has 0 saturated heterocycles. The molecule has 0 bridgehead atoms. The van der Waals surface area contributed by atoms with E-state index in [1.54, 1.807) is 0 Å². The van der Waals surface area contributed by atoms with Gasteiger partial charge in [0.1, 0.15) is 13.2 Å². The summed E-state index contributed by atoms with van der Waals surface area (Å²) in [6.07, 6.45) is 66.9. The zero-order valence-electron chi connectivity index (χ0n) is 40.8. The van der Waals surface area contributed by atoms with Gasteiger partial charge in [0.15, 0.2) is 6.10 Å². The van der Waals surface area contributed by atoms with Crippen LogP contribution in [-0.4, -0.2) is 37.2 Å². The SMILES string of the molecule is CC/C=C\C/C=C\C/C=C\C/C=C\C/C=C\C/C=C\C/C=C\CCCC(=O)OCC(COC(=O)CCCCCCCCCCC)OC(=O)CCCCCCC/C=C\CCCCCC. The van der Waals surface area contributed by atoms with Crippen molar-refractivity contribution in [3.8, 4) is 0 Å². The van der Waals surface area contributed by atoms with E-state index in [1.807, 2.05) is 0 Å². The van der Waals surface area contributed by atoms with Crippen LogP contribution in [0.15, 0.2) is 97.2 Å². The second-order valence-electron chi connectivity index (χ2n) is 16.7. The molecule has 0 rings (SSSR count). The molecule has 0 aromatic rings. The maximum absolute atomic E-state index is 12.7. The highest BCUT2D eigenvalue weighted by Crippen LogP contribution is 2.13. The van der Waals surface area contributed by atoms with Crippen LogP contribution in [0.5, 0.6) is 0 Å². The highest BCUT2D eigenvalue weighted by Gasteiger charge is 2.19. The molecule has 0 aromatic heterocycles. The predicted octanol–water partition coefficient (Wildman–Crippen LogP) is 17.0. The smallest absolute Gasteiger partial charge is 0.306 e. The average Bonchev–Trinajstić information content (AvgIpc) is 3.28. The van der Waals surface area contributed by atoms with E-state index in [0.29, 0.717) is 19.3 Å². The summed E-state index contributed by atoms with van der Waals surface area (Å²) in [6, 6.07) is 0. The maximum Gasteiger partial charge on any atom is 0.306 e. The van der Waals surface area contributed by atoms with E-state index >= 15 is 0 Å². The first-order valence-corrected chi connectivity index (χ1v) is 25.7. The standard InChI is InChI=1S/C57H94O6/c1-4-7-10-13-16-19-21-23-24-25-26-27-28-29-30-31-32-34-35-38-41-44-47-50-56(59)62-53-54(52-61-55(58)49-46-43-40-37-18-15-12-9-6-3)63-57(60)51-48-45-42-39-36-33-22-20-17-14-11-8-5-2/h7,10,16,19-20,22-24,26-27,29-30,32,34,38,41,54H,4-6,8-9,11-15,17-18,21,25,28,31,33,35-37,39-40,42-53H2,1-3H3/b10-7-,19-16-,22-20-,24-23-,27-26-,30-29-,34-32-,41-38-. The topological polar surface area (TPSA) is 78.9 Å². The Morgan fingerprint density at radius 1 is 0.333 bits per heavy atom. The molecule has 0 N–H and O–H groups in total. The van der Waals surface area contributed by atoms with Crippen molar-refractivity contribution in [2.45, 2.75) is 232 Å². The van der Waals surface area contributed by atoms with Crippen LogP contribution in [0, 0.1) is 0 Å². The second-order valence-corrected chi connectivity index (χ2v) is 16.7. The fraction of sp³-hybridized carbons (Fsp3) is 0.667. The van der Waals surface area contributed by atoms with Gasteiger partial charge >= 0.3 is 17.9 Å². The Morgan fingerprint density at radius 3 is 1.06 bits per heavy atom. The van der Waals surface area contributed by atoms with E-state index in [9.17, 15) is 14.4 Å². The number of ether oxygens (including phenoxy) is 3. The lowest BCUT2D eigenvalue weighted by molar-refractivity contribution is -0.167. The number of allylic oxidation sites excluding steroid dienone is 16. The molecule has 0 aliphatic rings. The van der Waals surface area contributed by atoms with E-state index in [0.717, 1.165) is 103 Å². The molecule has 6 heteroatoms. The van der Waals surface area contributed by atoms with E-state index < -0.39 is 6.10 Å². The molecule has 0 saturated carbocycles. The Morgan fingerprint density at radius 2 is 0.635 bits per heavy atom. The molecule has 1 unspecified atom stereocenters. The maximum atomic E-state index is 12.7. The number of unbranched alkanes of at least 4 members (excludes halogenated alkanes) is 18. The summed E-state index contributed by atoms with van der Waals surface area (Å²) in [4.78, 5) is 37.8. The molecule has 0 aliphatic heterocycles. The summed E-state index contributed by atoms with van der Waals surface area (Å²) >= 11 is 0. The Labute approximate surface area is 387 Å². The summed E-state index contributed by atoms with van der Waals surface area (Å²) in [6.45, 7) is 6.42. The van der Waals surface area contributed by atoms with Crippen LogP contribution in [0.2, 0.25) is 0 Å². The zero-order chi connectivity index (χ0) is 45.8. The zero-order valence-corrected chi connectivity index (χ0v) is 40.8.